The third kappa shape index (κ3) is 8.16. The normalized spacial score (nSPS) is 46.7. The minimum atomic E-state index is 0.619. The van der Waals surface area contributed by atoms with E-state index in [9.17, 15) is 0 Å². The summed E-state index contributed by atoms with van der Waals surface area (Å²) in [6.45, 7) is 30.6. The second-order valence-electron chi connectivity index (χ2n) is 25.3. The van der Waals surface area contributed by atoms with E-state index in [0.29, 0.717) is 21.7 Å². The first-order valence-corrected chi connectivity index (χ1v) is 26.4. The fraction of sp³-hybridized carbons (Fsp3) is 0.930. The van der Waals surface area contributed by atoms with Crippen LogP contribution in [0.25, 0.3) is 0 Å². The van der Waals surface area contributed by atoms with Gasteiger partial charge in [0.1, 0.15) is 0 Å². The van der Waals surface area contributed by atoms with E-state index in [-0.39, 0.29) is 0 Å². The van der Waals surface area contributed by atoms with Gasteiger partial charge in [-0.05, 0) is 226 Å². The molecular weight excluding hydrogens is 685 g/mol. The lowest BCUT2D eigenvalue weighted by Crippen LogP contribution is -2.52. The van der Waals surface area contributed by atoms with E-state index in [1.165, 1.54) is 122 Å². The maximum absolute atomic E-state index is 2.75. The highest BCUT2D eigenvalue weighted by Crippen LogP contribution is 2.69. The molecule has 57 heavy (non-hydrogen) atoms. The number of hydrogen-bond acceptors (Lipinski definition) is 0. The molecular formula is C57H98. The van der Waals surface area contributed by atoms with Crippen molar-refractivity contribution in [1.82, 2.24) is 0 Å². The molecule has 8 rings (SSSR count). The molecule has 0 saturated heterocycles. The Balaban J connectivity index is 0.000000174. The molecule has 8 aliphatic rings. The van der Waals surface area contributed by atoms with Gasteiger partial charge in [0, 0.05) is 0 Å². The van der Waals surface area contributed by atoms with E-state index < -0.39 is 0 Å². The van der Waals surface area contributed by atoms with E-state index in [1.54, 1.807) is 12.8 Å². The molecule has 326 valence electrons. The average molecular weight is 783 g/mol. The maximum atomic E-state index is 2.75. The summed E-state index contributed by atoms with van der Waals surface area (Å²) in [5, 5.41) is 0. The Morgan fingerprint density at radius 3 is 1.32 bits per heavy atom. The third-order valence-electron chi connectivity index (χ3n) is 22.5. The quantitative estimate of drug-likeness (QED) is 0.183. The van der Waals surface area contributed by atoms with Crippen LogP contribution in [-0.2, 0) is 0 Å². The summed E-state index contributed by atoms with van der Waals surface area (Å²) in [6, 6.07) is 0. The molecule has 6 fully saturated rings. The standard InChI is InChI=1S/C29H50.C28H48/c1-7-22(20(2)3)12-11-21(4)25-15-16-26-24-14-13-23-10-8-9-18-28(23,5)27(24)17-19-29(25,26)6;1-19(2)20(3)10-11-21(4)24-14-15-25-23-13-12-22-9-7-8-17-27(22,5)26(23)16-18-28(24,25)6/h8,10,20-27H,7,9,11-19H2,1-6H3;7,9,19-26H,8,10-18H2,1-6H3. The number of hydrogen-bond donors (Lipinski definition) is 0. The minimum Gasteiger partial charge on any atom is -0.0882 e. The molecule has 8 aliphatic carbocycles. The zero-order chi connectivity index (χ0) is 40.9. The van der Waals surface area contributed by atoms with E-state index in [1.807, 2.05) is 0 Å². The molecule has 0 heterocycles. The second-order valence-corrected chi connectivity index (χ2v) is 25.3. The monoisotopic (exact) mass is 783 g/mol. The number of fused-ring (bicyclic) bond motifs is 10. The van der Waals surface area contributed by atoms with Gasteiger partial charge in [0.15, 0.2) is 0 Å². The van der Waals surface area contributed by atoms with Crippen molar-refractivity contribution in [3.63, 3.8) is 0 Å². The number of allylic oxidation sites excluding steroid dienone is 4. The summed E-state index contributed by atoms with van der Waals surface area (Å²) in [6.07, 6.45) is 41.3. The molecule has 18 atom stereocenters. The van der Waals surface area contributed by atoms with Crippen molar-refractivity contribution in [3.8, 4) is 0 Å². The van der Waals surface area contributed by atoms with Crippen LogP contribution in [0.5, 0.6) is 0 Å². The van der Waals surface area contributed by atoms with Gasteiger partial charge in [0.25, 0.3) is 0 Å². The predicted octanol–water partition coefficient (Wildman–Crippen LogP) is 17.4. The zero-order valence-electron chi connectivity index (χ0n) is 40.4. The van der Waals surface area contributed by atoms with Gasteiger partial charge in [0.2, 0.25) is 0 Å². The van der Waals surface area contributed by atoms with Crippen molar-refractivity contribution in [2.75, 3.05) is 0 Å². The summed E-state index contributed by atoms with van der Waals surface area (Å²) in [5.41, 5.74) is 2.53. The summed E-state index contributed by atoms with van der Waals surface area (Å²) >= 11 is 0. The Labute approximate surface area is 357 Å². The molecule has 0 aliphatic heterocycles. The van der Waals surface area contributed by atoms with Crippen LogP contribution in [-0.4, -0.2) is 0 Å². The summed E-state index contributed by atoms with van der Waals surface area (Å²) in [5.74, 6) is 15.3. The molecule has 0 aromatic carbocycles. The van der Waals surface area contributed by atoms with Crippen LogP contribution in [0.3, 0.4) is 0 Å². The molecule has 0 bridgehead atoms. The molecule has 0 radical (unpaired) electrons. The van der Waals surface area contributed by atoms with Gasteiger partial charge in [-0.15, -0.1) is 0 Å². The van der Waals surface area contributed by atoms with Crippen LogP contribution in [0.4, 0.5) is 0 Å². The van der Waals surface area contributed by atoms with Gasteiger partial charge in [0.05, 0.1) is 0 Å². The lowest BCUT2D eigenvalue weighted by atomic mass is 9.45. The highest BCUT2D eigenvalue weighted by atomic mass is 14.7. The van der Waals surface area contributed by atoms with Crippen LogP contribution in [0.2, 0.25) is 0 Å². The lowest BCUT2D eigenvalue weighted by Gasteiger charge is -2.60. The Morgan fingerprint density at radius 1 is 0.456 bits per heavy atom. The van der Waals surface area contributed by atoms with Gasteiger partial charge in [-0.3, -0.25) is 0 Å². The topological polar surface area (TPSA) is 0 Å². The second kappa shape index (κ2) is 17.7. The molecule has 0 N–H and O–H groups in total. The molecule has 0 nitrogen and oxygen atoms in total. The van der Waals surface area contributed by atoms with Crippen molar-refractivity contribution in [3.05, 3.63) is 24.3 Å². The van der Waals surface area contributed by atoms with Crippen LogP contribution >= 0.6 is 0 Å². The number of rotatable bonds is 11. The van der Waals surface area contributed by atoms with Crippen molar-refractivity contribution in [2.24, 2.45) is 116 Å². The molecule has 0 amide bonds. The summed E-state index contributed by atoms with van der Waals surface area (Å²) in [7, 11) is 0. The predicted molar refractivity (Wildman–Crippen MR) is 249 cm³/mol. The van der Waals surface area contributed by atoms with E-state index in [4.69, 9.17) is 0 Å². The Hall–Kier alpha value is -0.520. The largest absolute Gasteiger partial charge is 0.0882 e. The molecule has 0 heteroatoms. The molecule has 0 aromatic rings. The Morgan fingerprint density at radius 2 is 0.895 bits per heavy atom. The fourth-order valence-corrected chi connectivity index (χ4v) is 18.4. The third-order valence-corrected chi connectivity index (χ3v) is 22.5. The first kappa shape index (κ1) is 44.5. The van der Waals surface area contributed by atoms with Crippen LogP contribution in [0.1, 0.15) is 218 Å². The highest BCUT2D eigenvalue weighted by molar-refractivity contribution is 5.15. The van der Waals surface area contributed by atoms with Crippen molar-refractivity contribution >= 4 is 0 Å². The van der Waals surface area contributed by atoms with E-state index >= 15 is 0 Å². The fourth-order valence-electron chi connectivity index (χ4n) is 18.4. The highest BCUT2D eigenvalue weighted by Gasteiger charge is 2.61. The smallest absolute Gasteiger partial charge is 0.0177 e. The van der Waals surface area contributed by atoms with Crippen LogP contribution < -0.4 is 0 Å². The average Bonchev–Trinajstić information content (AvgIpc) is 3.73. The lowest BCUT2D eigenvalue weighted by molar-refractivity contribution is -0.0957. The van der Waals surface area contributed by atoms with Gasteiger partial charge in [-0.25, -0.2) is 0 Å². The first-order valence-electron chi connectivity index (χ1n) is 26.4. The van der Waals surface area contributed by atoms with Gasteiger partial charge in [-0.2, -0.15) is 0 Å². The Kier molecular flexibility index (Phi) is 13.8. The molecule has 18 unspecified atom stereocenters. The van der Waals surface area contributed by atoms with Crippen LogP contribution in [0, 0.1) is 116 Å². The van der Waals surface area contributed by atoms with Gasteiger partial charge < -0.3 is 0 Å². The zero-order valence-corrected chi connectivity index (χ0v) is 40.4. The minimum absolute atomic E-state index is 0.619. The van der Waals surface area contributed by atoms with Crippen molar-refractivity contribution in [2.45, 2.75) is 218 Å². The molecule has 6 saturated carbocycles. The molecule has 0 spiro atoms. The Bertz CT molecular complexity index is 1370. The molecule has 0 aromatic heterocycles. The first-order chi connectivity index (χ1) is 27.1. The maximum Gasteiger partial charge on any atom is -0.0177 e. The van der Waals surface area contributed by atoms with E-state index in [2.05, 4.69) is 107 Å². The van der Waals surface area contributed by atoms with E-state index in [0.717, 1.165) is 94.7 Å². The van der Waals surface area contributed by atoms with Crippen molar-refractivity contribution in [1.29, 1.82) is 0 Å². The van der Waals surface area contributed by atoms with Gasteiger partial charge >= 0.3 is 0 Å². The van der Waals surface area contributed by atoms with Crippen molar-refractivity contribution < 1.29 is 0 Å². The SMILES string of the molecule is CC(C)C(C)CCC(C)C1CCC2C3CCC4C=CCCC4(C)C3CCC12C.CCC(CCC(C)C1CCC2C3CCC4C=CCCC4(C)C3CCC12C)C(C)C. The summed E-state index contributed by atoms with van der Waals surface area (Å²) < 4.78 is 0. The van der Waals surface area contributed by atoms with Crippen LogP contribution in [0.15, 0.2) is 24.3 Å². The van der Waals surface area contributed by atoms with Gasteiger partial charge in [-0.1, -0.05) is 133 Å². The summed E-state index contributed by atoms with van der Waals surface area (Å²) in [4.78, 5) is 0.